The molecule has 1 aliphatic heterocycles. The molecule has 110 valence electrons. The van der Waals surface area contributed by atoms with Gasteiger partial charge in [0, 0.05) is 12.1 Å². The van der Waals surface area contributed by atoms with Gasteiger partial charge in [-0.2, -0.15) is 0 Å². The number of imide groups is 1. The number of nitrogens with one attached hydrogen (secondary N) is 2. The molecule has 1 heterocycles. The van der Waals surface area contributed by atoms with Crippen LogP contribution >= 0.6 is 0 Å². The lowest BCUT2D eigenvalue weighted by molar-refractivity contribution is -0.131. The highest BCUT2D eigenvalue weighted by molar-refractivity contribution is 6.06. The molecule has 6 nitrogen and oxygen atoms in total. The zero-order chi connectivity index (χ0) is 14.8. The Kier molecular flexibility index (Phi) is 4.58. The number of aliphatic hydroxyl groups is 1. The van der Waals surface area contributed by atoms with E-state index in [4.69, 9.17) is 0 Å². The van der Waals surface area contributed by atoms with Gasteiger partial charge in [-0.05, 0) is 34.1 Å². The molecule has 2 atom stereocenters. The fourth-order valence-corrected chi connectivity index (χ4v) is 1.85. The summed E-state index contributed by atoms with van der Waals surface area (Å²) in [5, 5.41) is 15.7. The predicted molar refractivity (Wildman–Crippen MR) is 72.7 cm³/mol. The van der Waals surface area contributed by atoms with Crippen LogP contribution in [0.4, 0.5) is 4.79 Å². The van der Waals surface area contributed by atoms with Gasteiger partial charge in [0.25, 0.3) is 5.91 Å². The zero-order valence-electron chi connectivity index (χ0n) is 12.4. The van der Waals surface area contributed by atoms with E-state index in [9.17, 15) is 14.7 Å². The average Bonchev–Trinajstić information content (AvgIpc) is 2.50. The van der Waals surface area contributed by atoms with Crippen LogP contribution in [0.3, 0.4) is 0 Å². The molecule has 0 aromatic carbocycles. The Labute approximate surface area is 114 Å². The van der Waals surface area contributed by atoms with Gasteiger partial charge in [0.2, 0.25) is 0 Å². The number of urea groups is 1. The van der Waals surface area contributed by atoms with Crippen LogP contribution in [0.1, 0.15) is 41.0 Å². The third kappa shape index (κ3) is 3.91. The molecular formula is C13H25N3O3. The third-order valence-electron chi connectivity index (χ3n) is 3.31. The maximum absolute atomic E-state index is 12.1. The van der Waals surface area contributed by atoms with Crippen molar-refractivity contribution in [2.45, 2.75) is 58.2 Å². The van der Waals surface area contributed by atoms with Crippen molar-refractivity contribution in [2.75, 3.05) is 13.1 Å². The Morgan fingerprint density at radius 3 is 2.42 bits per heavy atom. The first-order valence-electron chi connectivity index (χ1n) is 6.66. The Morgan fingerprint density at radius 2 is 2.00 bits per heavy atom. The first-order valence-corrected chi connectivity index (χ1v) is 6.66. The molecule has 19 heavy (non-hydrogen) atoms. The van der Waals surface area contributed by atoms with Crippen LogP contribution in [-0.2, 0) is 4.79 Å². The summed E-state index contributed by atoms with van der Waals surface area (Å²) < 4.78 is 0. The number of β-amino-alcohol motifs (C(OH)–C–C–N with tert-alkyl or cyclic N) is 1. The molecule has 0 radical (unpaired) electrons. The van der Waals surface area contributed by atoms with Crippen molar-refractivity contribution in [2.24, 2.45) is 0 Å². The van der Waals surface area contributed by atoms with Crippen molar-refractivity contribution in [3.05, 3.63) is 0 Å². The summed E-state index contributed by atoms with van der Waals surface area (Å²) in [4.78, 5) is 25.0. The van der Waals surface area contributed by atoms with Gasteiger partial charge in [-0.3, -0.25) is 9.69 Å². The average molecular weight is 271 g/mol. The number of amides is 3. The maximum atomic E-state index is 12.1. The Balaban J connectivity index is 2.58. The quantitative estimate of drug-likeness (QED) is 0.634. The molecular weight excluding hydrogens is 246 g/mol. The van der Waals surface area contributed by atoms with E-state index in [-0.39, 0.29) is 18.0 Å². The van der Waals surface area contributed by atoms with Gasteiger partial charge in [0.15, 0.2) is 0 Å². The van der Waals surface area contributed by atoms with Crippen LogP contribution < -0.4 is 10.6 Å². The molecule has 3 amide bonds. The molecule has 0 bridgehead atoms. The number of carbonyl (C=O) groups is 2. The molecule has 0 spiro atoms. The molecule has 3 N–H and O–H groups in total. The second-order valence-corrected chi connectivity index (χ2v) is 6.32. The van der Waals surface area contributed by atoms with E-state index in [0.29, 0.717) is 13.0 Å². The fraction of sp³-hybridized carbons (Fsp3) is 0.846. The normalized spacial score (nSPS) is 25.7. The molecule has 1 rings (SSSR count). The summed E-state index contributed by atoms with van der Waals surface area (Å²) in [7, 11) is 0. The summed E-state index contributed by atoms with van der Waals surface area (Å²) in [6, 6.07) is -0.427. The largest absolute Gasteiger partial charge is 0.390 e. The number of rotatable bonds is 5. The number of nitrogens with zero attached hydrogens (tertiary/aromatic N) is 1. The first-order chi connectivity index (χ1) is 8.59. The molecule has 2 unspecified atom stereocenters. The molecule has 6 heteroatoms. The Morgan fingerprint density at radius 1 is 1.42 bits per heavy atom. The number of hydrogen-bond donors (Lipinski definition) is 3. The molecule has 0 saturated carbocycles. The van der Waals surface area contributed by atoms with Gasteiger partial charge in [-0.1, -0.05) is 6.92 Å². The minimum Gasteiger partial charge on any atom is -0.390 e. The summed E-state index contributed by atoms with van der Waals surface area (Å²) >= 11 is 0. The topological polar surface area (TPSA) is 81.7 Å². The highest BCUT2D eigenvalue weighted by atomic mass is 16.3. The van der Waals surface area contributed by atoms with Crippen LogP contribution in [0.15, 0.2) is 0 Å². The third-order valence-corrected chi connectivity index (χ3v) is 3.31. The second-order valence-electron chi connectivity index (χ2n) is 6.32. The minimum atomic E-state index is -0.839. The van der Waals surface area contributed by atoms with E-state index in [2.05, 4.69) is 10.6 Å². The monoisotopic (exact) mass is 271 g/mol. The van der Waals surface area contributed by atoms with E-state index >= 15 is 0 Å². The van der Waals surface area contributed by atoms with Crippen molar-refractivity contribution in [3.8, 4) is 0 Å². The van der Waals surface area contributed by atoms with Crippen LogP contribution in [0.5, 0.6) is 0 Å². The fourth-order valence-electron chi connectivity index (χ4n) is 1.85. The number of aliphatic hydroxyl groups excluding tert-OH is 1. The van der Waals surface area contributed by atoms with Crippen molar-refractivity contribution in [1.29, 1.82) is 0 Å². The SMILES string of the molecule is CCC1(C)NC(=O)N(CC(O)CNC(C)(C)C)C1=O. The van der Waals surface area contributed by atoms with Crippen LogP contribution in [0, 0.1) is 0 Å². The van der Waals surface area contributed by atoms with Crippen LogP contribution in [0.25, 0.3) is 0 Å². The lowest BCUT2D eigenvalue weighted by Gasteiger charge is -2.25. The predicted octanol–water partition coefficient (Wildman–Crippen LogP) is 0.456. The number of carbonyl (C=O) groups excluding carboxylic acids is 2. The molecule has 1 saturated heterocycles. The summed E-state index contributed by atoms with van der Waals surface area (Å²) in [5.41, 5.74) is -0.954. The summed E-state index contributed by atoms with van der Waals surface area (Å²) in [6.45, 7) is 9.86. The lowest BCUT2D eigenvalue weighted by Crippen LogP contribution is -2.47. The molecule has 1 aliphatic rings. The van der Waals surface area contributed by atoms with E-state index in [1.807, 2.05) is 27.7 Å². The summed E-state index contributed by atoms with van der Waals surface area (Å²) in [6.07, 6.45) is -0.238. The highest BCUT2D eigenvalue weighted by Gasteiger charge is 2.46. The first kappa shape index (κ1) is 15.9. The minimum absolute atomic E-state index is 0.0172. The van der Waals surface area contributed by atoms with Gasteiger partial charge in [0.1, 0.15) is 5.54 Å². The smallest absolute Gasteiger partial charge is 0.325 e. The number of hydrogen-bond acceptors (Lipinski definition) is 4. The zero-order valence-corrected chi connectivity index (χ0v) is 12.4. The van der Waals surface area contributed by atoms with E-state index in [1.165, 1.54) is 0 Å². The van der Waals surface area contributed by atoms with Crippen molar-refractivity contribution >= 4 is 11.9 Å². The van der Waals surface area contributed by atoms with Crippen molar-refractivity contribution in [1.82, 2.24) is 15.5 Å². The molecule has 0 aromatic heterocycles. The van der Waals surface area contributed by atoms with Crippen LogP contribution in [-0.4, -0.2) is 52.2 Å². The molecule has 1 fully saturated rings. The van der Waals surface area contributed by atoms with Crippen molar-refractivity contribution < 1.29 is 14.7 Å². The Hall–Kier alpha value is -1.14. The Bertz CT molecular complexity index is 365. The van der Waals surface area contributed by atoms with E-state index < -0.39 is 17.7 Å². The molecule has 0 aliphatic carbocycles. The standard InChI is InChI=1S/C13H25N3O3/c1-6-13(5)10(18)16(11(19)15-13)8-9(17)7-14-12(2,3)4/h9,14,17H,6-8H2,1-5H3,(H,15,19). The van der Waals surface area contributed by atoms with Gasteiger partial charge >= 0.3 is 6.03 Å². The van der Waals surface area contributed by atoms with Gasteiger partial charge in [0.05, 0.1) is 12.6 Å². The summed E-state index contributed by atoms with van der Waals surface area (Å²) in [5.74, 6) is -0.269. The van der Waals surface area contributed by atoms with Gasteiger partial charge in [-0.15, -0.1) is 0 Å². The second kappa shape index (κ2) is 5.46. The van der Waals surface area contributed by atoms with Gasteiger partial charge < -0.3 is 15.7 Å². The molecule has 0 aromatic rings. The lowest BCUT2D eigenvalue weighted by atomic mass is 9.99. The highest BCUT2D eigenvalue weighted by Crippen LogP contribution is 2.20. The van der Waals surface area contributed by atoms with Crippen molar-refractivity contribution in [3.63, 3.8) is 0 Å². The van der Waals surface area contributed by atoms with E-state index in [1.54, 1.807) is 6.92 Å². The maximum Gasteiger partial charge on any atom is 0.325 e. The van der Waals surface area contributed by atoms with E-state index in [0.717, 1.165) is 4.90 Å². The van der Waals surface area contributed by atoms with Gasteiger partial charge in [-0.25, -0.2) is 4.79 Å². The van der Waals surface area contributed by atoms with Crippen LogP contribution in [0.2, 0.25) is 0 Å².